The van der Waals surface area contributed by atoms with Gasteiger partial charge >= 0.3 is 0 Å². The molecule has 7 heteroatoms. The molecule has 3 aromatic rings. The lowest BCUT2D eigenvalue weighted by Crippen LogP contribution is -2.47. The number of para-hydroxylation sites is 1. The lowest BCUT2D eigenvalue weighted by atomic mass is 9.83. The second-order valence-electron chi connectivity index (χ2n) is 6.23. The smallest absolute Gasteiger partial charge is 0.275 e. The first-order chi connectivity index (χ1) is 12.9. The van der Waals surface area contributed by atoms with Gasteiger partial charge in [-0.2, -0.15) is 0 Å². The number of aromatic hydroxyl groups is 1. The Bertz CT molecular complexity index is 1100. The molecule has 4 nitrogen and oxygen atoms in total. The number of rotatable bonds is 2. The van der Waals surface area contributed by atoms with E-state index in [-0.39, 0.29) is 31.8 Å². The number of hydrogen-bond donors (Lipinski definition) is 2. The Balaban J connectivity index is 1.97. The summed E-state index contributed by atoms with van der Waals surface area (Å²) in [5.74, 6) is -2.09. The van der Waals surface area contributed by atoms with E-state index in [0.29, 0.717) is 11.1 Å². The molecule has 0 spiro atoms. The average molecular weight is 402 g/mol. The zero-order valence-electron chi connectivity index (χ0n) is 14.0. The largest absolute Gasteiger partial charge is 0.507 e. The van der Waals surface area contributed by atoms with Crippen molar-refractivity contribution in [3.63, 3.8) is 0 Å². The van der Waals surface area contributed by atoms with Gasteiger partial charge in [-0.25, -0.2) is 4.39 Å². The molecule has 1 unspecified atom stereocenters. The highest BCUT2D eigenvalue weighted by Crippen LogP contribution is 2.51. The van der Waals surface area contributed by atoms with Crippen LogP contribution in [-0.2, 0) is 10.5 Å². The maximum absolute atomic E-state index is 15.8. The Morgan fingerprint density at radius 3 is 2.48 bits per heavy atom. The van der Waals surface area contributed by atoms with Gasteiger partial charge in [0.2, 0.25) is 5.78 Å². The van der Waals surface area contributed by atoms with Crippen LogP contribution in [0.2, 0.25) is 4.34 Å². The van der Waals surface area contributed by atoms with Crippen LogP contribution in [0.5, 0.6) is 5.75 Å². The third kappa shape index (κ3) is 2.48. The van der Waals surface area contributed by atoms with Crippen LogP contribution in [0.4, 0.5) is 9.39 Å². The van der Waals surface area contributed by atoms with Crippen LogP contribution in [0, 0.1) is 6.92 Å². The van der Waals surface area contributed by atoms with Crippen molar-refractivity contribution in [2.45, 2.75) is 12.6 Å². The number of thiophene rings is 1. The first-order valence-electron chi connectivity index (χ1n) is 8.07. The minimum atomic E-state index is -2.87. The van der Waals surface area contributed by atoms with Gasteiger partial charge < -0.3 is 10.4 Å². The number of amides is 1. The van der Waals surface area contributed by atoms with Gasteiger partial charge in [0.15, 0.2) is 0 Å². The molecule has 1 aromatic heterocycles. The Morgan fingerprint density at radius 1 is 1.07 bits per heavy atom. The van der Waals surface area contributed by atoms with Gasteiger partial charge in [0.25, 0.3) is 11.6 Å². The van der Waals surface area contributed by atoms with Crippen LogP contribution in [0.25, 0.3) is 11.1 Å². The van der Waals surface area contributed by atoms with Crippen molar-refractivity contribution in [3.05, 3.63) is 69.6 Å². The molecule has 27 heavy (non-hydrogen) atoms. The molecule has 136 valence electrons. The molecule has 0 saturated carbocycles. The van der Waals surface area contributed by atoms with Crippen LogP contribution in [-0.4, -0.2) is 16.8 Å². The molecule has 4 rings (SSSR count). The Morgan fingerprint density at radius 2 is 1.78 bits per heavy atom. The van der Waals surface area contributed by atoms with Crippen LogP contribution >= 0.6 is 22.9 Å². The molecule has 1 aliphatic heterocycles. The summed E-state index contributed by atoms with van der Waals surface area (Å²) in [6, 6.07) is 12.6. The van der Waals surface area contributed by atoms with E-state index in [1.807, 2.05) is 0 Å². The van der Waals surface area contributed by atoms with E-state index in [2.05, 4.69) is 5.32 Å². The predicted molar refractivity (Wildman–Crippen MR) is 103 cm³/mol. The minimum Gasteiger partial charge on any atom is -0.507 e. The molecular formula is C20H13ClFNO3S. The number of carbonyl (C=O) groups is 2. The lowest BCUT2D eigenvalue weighted by Gasteiger charge is -2.28. The van der Waals surface area contributed by atoms with Gasteiger partial charge in [0.1, 0.15) is 15.1 Å². The molecule has 0 radical (unpaired) electrons. The normalized spacial score (nSPS) is 18.9. The number of fused-ring (bicyclic) bond motifs is 1. The highest BCUT2D eigenvalue weighted by Gasteiger charge is 2.54. The fourth-order valence-corrected chi connectivity index (χ4v) is 4.57. The van der Waals surface area contributed by atoms with Crippen LogP contribution in [0.1, 0.15) is 21.5 Å². The summed E-state index contributed by atoms with van der Waals surface area (Å²) in [6.07, 6.45) is 0. The molecular weight excluding hydrogens is 389 g/mol. The second-order valence-corrected chi connectivity index (χ2v) is 7.86. The summed E-state index contributed by atoms with van der Waals surface area (Å²) in [7, 11) is 0. The summed E-state index contributed by atoms with van der Waals surface area (Å²) in [5.41, 5.74) is -1.83. The summed E-state index contributed by atoms with van der Waals surface area (Å²) < 4.78 is 16.0. The van der Waals surface area contributed by atoms with Crippen LogP contribution < -0.4 is 5.32 Å². The van der Waals surface area contributed by atoms with Crippen molar-refractivity contribution < 1.29 is 19.1 Å². The molecule has 0 aliphatic carbocycles. The topological polar surface area (TPSA) is 66.4 Å². The highest BCUT2D eigenvalue weighted by atomic mass is 35.5. The first kappa shape index (κ1) is 17.7. The predicted octanol–water partition coefficient (Wildman–Crippen LogP) is 5.08. The van der Waals surface area contributed by atoms with Gasteiger partial charge in [-0.05, 0) is 12.5 Å². The molecule has 1 atom stereocenters. The maximum Gasteiger partial charge on any atom is 0.275 e. The molecule has 2 heterocycles. The number of Topliss-reactive ketones (excluding diaryl/α,β-unsaturated/α-hetero) is 1. The van der Waals surface area contributed by atoms with Crippen molar-refractivity contribution in [1.29, 1.82) is 0 Å². The summed E-state index contributed by atoms with van der Waals surface area (Å²) in [5, 5.41) is 13.1. The summed E-state index contributed by atoms with van der Waals surface area (Å²) in [4.78, 5) is 25.7. The number of ketones is 1. The van der Waals surface area contributed by atoms with Crippen LogP contribution in [0.15, 0.2) is 48.5 Å². The third-order valence-electron chi connectivity index (χ3n) is 4.62. The van der Waals surface area contributed by atoms with Crippen molar-refractivity contribution in [1.82, 2.24) is 0 Å². The standard InChI is InChI=1S/C20H13ClFNO3S/c1-10-6-5-9-12(15(10)24)13-14-16(25)20(22,11-7-3-2-4-8-11)19(26)23-18(14)27-17(13)21/h2-9,24H,1H3,(H,23,26). The van der Waals surface area contributed by atoms with Gasteiger partial charge in [-0.15, -0.1) is 11.3 Å². The van der Waals surface area contributed by atoms with Gasteiger partial charge in [-0.3, -0.25) is 9.59 Å². The zero-order chi connectivity index (χ0) is 19.3. The van der Waals surface area contributed by atoms with Crippen molar-refractivity contribution in [2.75, 3.05) is 5.32 Å². The van der Waals surface area contributed by atoms with Crippen LogP contribution in [0.3, 0.4) is 0 Å². The molecule has 0 fully saturated rings. The quantitative estimate of drug-likeness (QED) is 0.588. The monoisotopic (exact) mass is 401 g/mol. The van der Waals surface area contributed by atoms with E-state index >= 15 is 4.39 Å². The number of halogens is 2. The van der Waals surface area contributed by atoms with E-state index < -0.39 is 17.4 Å². The summed E-state index contributed by atoms with van der Waals surface area (Å²) >= 11 is 7.29. The van der Waals surface area contributed by atoms with Crippen molar-refractivity contribution in [2.24, 2.45) is 0 Å². The number of aryl methyl sites for hydroxylation is 1. The SMILES string of the molecule is Cc1cccc(-c2c(Cl)sc3c2C(=O)C(F)(c2ccccc2)C(=O)N3)c1O. The number of alkyl halides is 1. The number of benzene rings is 2. The maximum atomic E-state index is 15.8. The van der Waals surface area contributed by atoms with Gasteiger partial charge in [-0.1, -0.05) is 60.1 Å². The van der Waals surface area contributed by atoms with Gasteiger partial charge in [0, 0.05) is 16.7 Å². The highest BCUT2D eigenvalue weighted by molar-refractivity contribution is 7.21. The van der Waals surface area contributed by atoms with Gasteiger partial charge in [0.05, 0.1) is 5.56 Å². The molecule has 0 saturated heterocycles. The molecule has 2 N–H and O–H groups in total. The van der Waals surface area contributed by atoms with E-state index in [1.54, 1.807) is 43.3 Å². The number of carbonyl (C=O) groups excluding carboxylic acids is 2. The molecule has 1 amide bonds. The molecule has 2 aromatic carbocycles. The minimum absolute atomic E-state index is 0.0307. The first-order valence-corrected chi connectivity index (χ1v) is 9.27. The fraction of sp³-hybridized carbons (Fsp3) is 0.100. The molecule has 1 aliphatic rings. The average Bonchev–Trinajstić information content (AvgIpc) is 2.98. The number of nitrogens with one attached hydrogen (secondary N) is 1. The zero-order valence-corrected chi connectivity index (χ0v) is 15.6. The van der Waals surface area contributed by atoms with Crippen molar-refractivity contribution >= 4 is 39.6 Å². The second kappa shape index (κ2) is 6.18. The van der Waals surface area contributed by atoms with E-state index in [1.165, 1.54) is 12.1 Å². The Labute approximate surface area is 163 Å². The number of phenolic OH excluding ortho intramolecular Hbond substituents is 1. The van der Waals surface area contributed by atoms with E-state index in [0.717, 1.165) is 11.3 Å². The summed E-state index contributed by atoms with van der Waals surface area (Å²) in [6.45, 7) is 1.71. The number of phenols is 1. The third-order valence-corrected chi connectivity index (χ3v) is 5.94. The fourth-order valence-electron chi connectivity index (χ4n) is 3.20. The van der Waals surface area contributed by atoms with E-state index in [9.17, 15) is 14.7 Å². The lowest BCUT2D eigenvalue weighted by molar-refractivity contribution is -0.125. The number of hydrogen-bond acceptors (Lipinski definition) is 4. The van der Waals surface area contributed by atoms with Crippen molar-refractivity contribution in [3.8, 4) is 16.9 Å². The van der Waals surface area contributed by atoms with E-state index in [4.69, 9.17) is 11.6 Å². The molecule has 0 bridgehead atoms. The Kier molecular flexibility index (Phi) is 4.05. The Hall–Kier alpha value is -2.70. The number of anilines is 1.